The van der Waals surface area contributed by atoms with E-state index in [4.69, 9.17) is 0 Å². The maximum Gasteiger partial charge on any atom is 0.261 e. The Morgan fingerprint density at radius 1 is 1.42 bits per heavy atom. The Morgan fingerprint density at radius 2 is 2.25 bits per heavy atom. The van der Waals surface area contributed by atoms with E-state index in [2.05, 4.69) is 15.3 Å². The van der Waals surface area contributed by atoms with Crippen LogP contribution in [0.1, 0.15) is 52.4 Å². The third-order valence-electron chi connectivity index (χ3n) is 4.09. The van der Waals surface area contributed by atoms with Gasteiger partial charge in [-0.25, -0.2) is 0 Å². The van der Waals surface area contributed by atoms with Crippen molar-refractivity contribution >= 4 is 23.2 Å². The van der Waals surface area contributed by atoms with Gasteiger partial charge in [-0.2, -0.15) is 0 Å². The number of nitrogens with zero attached hydrogens (tertiary/aromatic N) is 3. The highest BCUT2D eigenvalue weighted by molar-refractivity contribution is 7.12. The van der Waals surface area contributed by atoms with Crippen LogP contribution in [0, 0.1) is 6.92 Å². The number of hydrogen-bond donors (Lipinski definition) is 1. The number of amides is 2. The molecule has 1 aliphatic rings. The van der Waals surface area contributed by atoms with E-state index in [1.54, 1.807) is 19.3 Å². The van der Waals surface area contributed by atoms with Gasteiger partial charge in [-0.05, 0) is 36.8 Å². The van der Waals surface area contributed by atoms with Crippen molar-refractivity contribution in [1.29, 1.82) is 0 Å². The van der Waals surface area contributed by atoms with Crippen molar-refractivity contribution in [3.8, 4) is 0 Å². The lowest BCUT2D eigenvalue weighted by Gasteiger charge is -2.22. The predicted octanol–water partition coefficient (Wildman–Crippen LogP) is 2.46. The molecule has 1 aliphatic heterocycles. The Balaban J connectivity index is 1.67. The molecule has 0 spiro atoms. The minimum absolute atomic E-state index is 0.00871. The van der Waals surface area contributed by atoms with Gasteiger partial charge < -0.3 is 10.2 Å². The summed E-state index contributed by atoms with van der Waals surface area (Å²) in [6.45, 7) is 4.63. The summed E-state index contributed by atoms with van der Waals surface area (Å²) in [6, 6.07) is 1.86. The van der Waals surface area contributed by atoms with Crippen molar-refractivity contribution in [2.75, 3.05) is 6.54 Å². The molecule has 1 saturated heterocycles. The summed E-state index contributed by atoms with van der Waals surface area (Å²) in [7, 11) is 0. The molecule has 1 fully saturated rings. The van der Waals surface area contributed by atoms with Crippen LogP contribution in [0.15, 0.2) is 23.8 Å². The first-order chi connectivity index (χ1) is 11.5. The summed E-state index contributed by atoms with van der Waals surface area (Å²) in [5, 5.41) is 4.82. The fourth-order valence-corrected chi connectivity index (χ4v) is 3.74. The summed E-state index contributed by atoms with van der Waals surface area (Å²) in [4.78, 5) is 35.2. The summed E-state index contributed by atoms with van der Waals surface area (Å²) >= 11 is 1.43. The van der Waals surface area contributed by atoms with E-state index in [0.717, 1.165) is 30.6 Å². The zero-order valence-corrected chi connectivity index (χ0v) is 14.6. The van der Waals surface area contributed by atoms with Gasteiger partial charge in [-0.15, -0.1) is 11.3 Å². The highest BCUT2D eigenvalue weighted by Gasteiger charge is 2.29. The van der Waals surface area contributed by atoms with Crippen molar-refractivity contribution < 1.29 is 9.59 Å². The van der Waals surface area contributed by atoms with Crippen molar-refractivity contribution in [2.24, 2.45) is 0 Å². The van der Waals surface area contributed by atoms with Gasteiger partial charge in [0.25, 0.3) is 5.91 Å². The van der Waals surface area contributed by atoms with E-state index >= 15 is 0 Å². The predicted molar refractivity (Wildman–Crippen MR) is 91.6 cm³/mol. The van der Waals surface area contributed by atoms with Gasteiger partial charge >= 0.3 is 0 Å². The minimum Gasteiger partial charge on any atom is -0.346 e. The van der Waals surface area contributed by atoms with Gasteiger partial charge in [0.05, 0.1) is 41.2 Å². The molecule has 126 valence electrons. The number of likely N-dealkylation sites (tertiary alicyclic amines) is 1. The zero-order valence-electron chi connectivity index (χ0n) is 13.8. The second-order valence-corrected chi connectivity index (χ2v) is 6.89. The second kappa shape index (κ2) is 7.09. The first-order valence-electron chi connectivity index (χ1n) is 7.96. The van der Waals surface area contributed by atoms with Crippen molar-refractivity contribution in [3.63, 3.8) is 0 Å². The van der Waals surface area contributed by atoms with Crippen molar-refractivity contribution in [3.05, 3.63) is 45.7 Å². The number of nitrogens with one attached hydrogen (secondary N) is 1. The Hall–Kier alpha value is -2.28. The molecule has 0 aliphatic carbocycles. The largest absolute Gasteiger partial charge is 0.346 e. The Kier molecular flexibility index (Phi) is 4.89. The van der Waals surface area contributed by atoms with E-state index in [-0.39, 0.29) is 17.9 Å². The third kappa shape index (κ3) is 3.62. The molecule has 2 amide bonds. The van der Waals surface area contributed by atoms with Crippen LogP contribution in [0.25, 0.3) is 0 Å². The quantitative estimate of drug-likeness (QED) is 0.924. The summed E-state index contributed by atoms with van der Waals surface area (Å²) in [5.74, 6) is -0.0439. The first kappa shape index (κ1) is 16.6. The fourth-order valence-electron chi connectivity index (χ4n) is 2.93. The number of aromatic nitrogens is 2. The number of carbonyl (C=O) groups excluding carboxylic acids is 2. The molecular formula is C17H20N4O2S. The molecule has 2 aromatic rings. The molecule has 3 heterocycles. The Bertz CT molecular complexity index is 759. The van der Waals surface area contributed by atoms with Crippen LogP contribution in [-0.4, -0.2) is 33.2 Å². The molecule has 1 atom stereocenters. The molecule has 0 aromatic carbocycles. The van der Waals surface area contributed by atoms with Crippen LogP contribution < -0.4 is 5.32 Å². The van der Waals surface area contributed by atoms with E-state index in [1.807, 2.05) is 23.3 Å². The Labute approximate surface area is 144 Å². The maximum absolute atomic E-state index is 12.1. The van der Waals surface area contributed by atoms with Gasteiger partial charge in [-0.1, -0.05) is 0 Å². The summed E-state index contributed by atoms with van der Waals surface area (Å²) in [5.41, 5.74) is 2.57. The molecule has 0 bridgehead atoms. The maximum atomic E-state index is 12.1. The van der Waals surface area contributed by atoms with Gasteiger partial charge in [-0.3, -0.25) is 19.6 Å². The lowest BCUT2D eigenvalue weighted by atomic mass is 10.1. The molecule has 0 saturated carbocycles. The van der Waals surface area contributed by atoms with Crippen LogP contribution >= 0.6 is 11.3 Å². The molecule has 1 N–H and O–H groups in total. The van der Waals surface area contributed by atoms with Gasteiger partial charge in [0.15, 0.2) is 0 Å². The second-order valence-electron chi connectivity index (χ2n) is 5.98. The van der Waals surface area contributed by atoms with E-state index in [0.29, 0.717) is 17.1 Å². The van der Waals surface area contributed by atoms with Crippen LogP contribution in [0.2, 0.25) is 0 Å². The molecule has 3 rings (SSSR count). The molecule has 24 heavy (non-hydrogen) atoms. The van der Waals surface area contributed by atoms with Crippen LogP contribution in [0.5, 0.6) is 0 Å². The number of rotatable bonds is 4. The first-order valence-corrected chi connectivity index (χ1v) is 8.84. The van der Waals surface area contributed by atoms with Gasteiger partial charge in [0, 0.05) is 13.5 Å². The van der Waals surface area contributed by atoms with Gasteiger partial charge in [0.1, 0.15) is 0 Å². The summed E-state index contributed by atoms with van der Waals surface area (Å²) in [6.07, 6.45) is 5.24. The molecule has 7 heteroatoms. The average molecular weight is 344 g/mol. The van der Waals surface area contributed by atoms with Crippen molar-refractivity contribution in [2.45, 2.75) is 39.3 Å². The highest BCUT2D eigenvalue weighted by atomic mass is 32.1. The monoisotopic (exact) mass is 344 g/mol. The van der Waals surface area contributed by atoms with Gasteiger partial charge in [0.2, 0.25) is 5.91 Å². The lowest BCUT2D eigenvalue weighted by molar-refractivity contribution is -0.129. The Morgan fingerprint density at radius 3 is 2.96 bits per heavy atom. The molecule has 1 unspecified atom stereocenters. The SMILES string of the molecule is CC(=O)N1CCCC1c1cncc(CNC(=O)c2cc(C)cs2)n1. The third-order valence-corrected chi connectivity index (χ3v) is 5.13. The van der Waals surface area contributed by atoms with Crippen molar-refractivity contribution in [1.82, 2.24) is 20.2 Å². The number of aryl methyl sites for hydroxylation is 1. The van der Waals surface area contributed by atoms with E-state index < -0.39 is 0 Å². The minimum atomic E-state index is -0.105. The fraction of sp³-hybridized carbons (Fsp3) is 0.412. The summed E-state index contributed by atoms with van der Waals surface area (Å²) < 4.78 is 0. The van der Waals surface area contributed by atoms with E-state index in [1.165, 1.54) is 11.3 Å². The molecule has 2 aromatic heterocycles. The topological polar surface area (TPSA) is 75.2 Å². The molecule has 6 nitrogen and oxygen atoms in total. The van der Waals surface area contributed by atoms with Crippen LogP contribution in [0.4, 0.5) is 0 Å². The van der Waals surface area contributed by atoms with E-state index in [9.17, 15) is 9.59 Å². The lowest BCUT2D eigenvalue weighted by Crippen LogP contribution is -2.29. The number of hydrogen-bond acceptors (Lipinski definition) is 5. The number of carbonyl (C=O) groups is 2. The average Bonchev–Trinajstić information content (AvgIpc) is 3.22. The standard InChI is InChI=1S/C17H20N4O2S/c1-11-6-16(24-10-11)17(23)19-8-13-7-18-9-14(20-13)15-4-3-5-21(15)12(2)22/h6-7,9-10,15H,3-5,8H2,1-2H3,(H,19,23). The van der Waals surface area contributed by atoms with Crippen LogP contribution in [-0.2, 0) is 11.3 Å². The molecule has 0 radical (unpaired) electrons. The molecular weight excluding hydrogens is 324 g/mol. The zero-order chi connectivity index (χ0) is 17.1. The highest BCUT2D eigenvalue weighted by Crippen LogP contribution is 2.30. The normalized spacial score (nSPS) is 17.1. The smallest absolute Gasteiger partial charge is 0.261 e. The van der Waals surface area contributed by atoms with Crippen LogP contribution in [0.3, 0.4) is 0 Å². The number of thiophene rings is 1.